The molecule has 0 rings (SSSR count). The van der Waals surface area contributed by atoms with Gasteiger partial charge in [0.25, 0.3) is 0 Å². The van der Waals surface area contributed by atoms with Gasteiger partial charge >= 0.3 is 29.3 Å². The van der Waals surface area contributed by atoms with Crippen LogP contribution in [0.2, 0.25) is 0 Å². The summed E-state index contributed by atoms with van der Waals surface area (Å²) in [6.07, 6.45) is 14.7. The molecule has 0 aliphatic heterocycles. The monoisotopic (exact) mass is 302 g/mol. The quantitative estimate of drug-likeness (QED) is 0.301. The molecule has 0 spiro atoms. The molecule has 0 aromatic carbocycles. The normalized spacial score (nSPS) is 11.3. The molecule has 118 valence electrons. The third kappa shape index (κ3) is 20.8. The van der Waals surface area contributed by atoms with E-state index in [1.807, 2.05) is 0 Å². The molecule has 0 aromatic heterocycles. The van der Waals surface area contributed by atoms with E-state index in [-0.39, 0.29) is 26.9 Å². The van der Waals surface area contributed by atoms with Crippen LogP contribution in [0.5, 0.6) is 0 Å². The van der Waals surface area contributed by atoms with Crippen molar-refractivity contribution >= 4 is 10.4 Å². The molecule has 0 radical (unpaired) electrons. The molecule has 0 bridgehead atoms. The average Bonchev–Trinajstić information content (AvgIpc) is 2.34. The number of hydrogen-bond acceptors (Lipinski definition) is 3. The summed E-state index contributed by atoms with van der Waals surface area (Å²) in [4.78, 5) is 0. The first-order chi connectivity index (χ1) is 9.06. The summed E-state index contributed by atoms with van der Waals surface area (Å²) in [5.41, 5.74) is 0. The van der Waals surface area contributed by atoms with Gasteiger partial charge in [0, 0.05) is 0 Å². The van der Waals surface area contributed by atoms with Crippen LogP contribution in [0.4, 0.5) is 0 Å². The van der Waals surface area contributed by atoms with Gasteiger partial charge in [-0.15, -0.1) is 0 Å². The summed E-state index contributed by atoms with van der Waals surface area (Å²) in [5, 5.41) is 0. The van der Waals surface area contributed by atoms with Gasteiger partial charge in [0.15, 0.2) is 0 Å². The summed E-state index contributed by atoms with van der Waals surface area (Å²) in [6, 6.07) is 0. The Labute approximate surface area is 138 Å². The van der Waals surface area contributed by atoms with Gasteiger partial charge in [-0.1, -0.05) is 77.6 Å². The predicted octanol–water partition coefficient (Wildman–Crippen LogP) is 1.62. The molecule has 4 nitrogen and oxygen atoms in total. The molecule has 0 aromatic rings. The van der Waals surface area contributed by atoms with Crippen molar-refractivity contribution in [2.45, 2.75) is 84.0 Å². The Hall–Kier alpha value is 0.467. The molecule has 0 unspecified atom stereocenters. The molecular formula is C14H31LiO4S. The maximum Gasteiger partial charge on any atom is 1.00 e. The van der Waals surface area contributed by atoms with E-state index in [1.165, 1.54) is 57.8 Å². The maximum absolute atomic E-state index is 10.3. The van der Waals surface area contributed by atoms with E-state index in [9.17, 15) is 8.42 Å². The summed E-state index contributed by atoms with van der Waals surface area (Å²) in [7, 11) is -4.24. The molecule has 0 aliphatic carbocycles. The van der Waals surface area contributed by atoms with E-state index in [4.69, 9.17) is 4.55 Å². The van der Waals surface area contributed by atoms with Gasteiger partial charge in [0.05, 0.1) is 6.61 Å². The minimum atomic E-state index is -4.24. The van der Waals surface area contributed by atoms with Gasteiger partial charge in [0.2, 0.25) is 0 Å². The fourth-order valence-corrected chi connectivity index (χ4v) is 2.44. The molecule has 6 heteroatoms. The van der Waals surface area contributed by atoms with E-state index in [0.717, 1.165) is 12.8 Å². The summed E-state index contributed by atoms with van der Waals surface area (Å²) < 4.78 is 33.1. The summed E-state index contributed by atoms with van der Waals surface area (Å²) in [6.45, 7) is 2.33. The van der Waals surface area contributed by atoms with Gasteiger partial charge < -0.3 is 1.43 Å². The number of rotatable bonds is 14. The summed E-state index contributed by atoms with van der Waals surface area (Å²) in [5.74, 6) is 0. The van der Waals surface area contributed by atoms with Crippen LogP contribution < -0.4 is 18.9 Å². The van der Waals surface area contributed by atoms with E-state index in [2.05, 4.69) is 11.1 Å². The van der Waals surface area contributed by atoms with Gasteiger partial charge in [-0.25, -0.2) is 4.18 Å². The zero-order chi connectivity index (χ0) is 14.4. The maximum atomic E-state index is 10.3. The van der Waals surface area contributed by atoms with Crippen LogP contribution in [-0.4, -0.2) is 19.6 Å². The zero-order valence-electron chi connectivity index (χ0n) is 14.3. The smallest absolute Gasteiger partial charge is 1.00 e. The van der Waals surface area contributed by atoms with Crippen LogP contribution in [-0.2, 0) is 14.6 Å². The van der Waals surface area contributed by atoms with Crippen molar-refractivity contribution in [2.75, 3.05) is 6.61 Å². The molecule has 20 heavy (non-hydrogen) atoms. The Bertz CT molecular complexity index is 287. The first-order valence-electron chi connectivity index (χ1n) is 7.68. The van der Waals surface area contributed by atoms with Gasteiger partial charge in [-0.05, 0) is 6.42 Å². The van der Waals surface area contributed by atoms with Crippen LogP contribution in [0.3, 0.4) is 0 Å². The molecule has 1 N–H and O–H groups in total. The Kier molecular flexibility index (Phi) is 18.0. The minimum Gasteiger partial charge on any atom is -1.00 e. The molecule has 0 saturated heterocycles. The van der Waals surface area contributed by atoms with Crippen LogP contribution >= 0.6 is 0 Å². The van der Waals surface area contributed by atoms with Crippen molar-refractivity contribution in [3.63, 3.8) is 0 Å². The van der Waals surface area contributed by atoms with Crippen molar-refractivity contribution in [3.05, 3.63) is 0 Å². The minimum absolute atomic E-state index is 0. The van der Waals surface area contributed by atoms with Crippen LogP contribution in [0, 0.1) is 0 Å². The van der Waals surface area contributed by atoms with Crippen molar-refractivity contribution in [1.29, 1.82) is 0 Å². The topological polar surface area (TPSA) is 63.6 Å². The molecular weight excluding hydrogens is 271 g/mol. The Morgan fingerprint density at radius 1 is 0.800 bits per heavy atom. The number of hydrogen-bond donors (Lipinski definition) is 1. The van der Waals surface area contributed by atoms with Crippen LogP contribution in [0.15, 0.2) is 0 Å². The van der Waals surface area contributed by atoms with Gasteiger partial charge in [-0.2, -0.15) is 8.42 Å². The molecule has 0 amide bonds. The van der Waals surface area contributed by atoms with Crippen molar-refractivity contribution in [1.82, 2.24) is 0 Å². The average molecular weight is 302 g/mol. The second-order valence-corrected chi connectivity index (χ2v) is 6.23. The second kappa shape index (κ2) is 15.8. The van der Waals surface area contributed by atoms with Crippen LogP contribution in [0.25, 0.3) is 0 Å². The zero-order valence-corrected chi connectivity index (χ0v) is 14.1. The molecule has 0 fully saturated rings. The Balaban J connectivity index is -0.00000162. The second-order valence-electron chi connectivity index (χ2n) is 5.14. The van der Waals surface area contributed by atoms with Crippen LogP contribution in [0.1, 0.15) is 85.4 Å². The first kappa shape index (κ1) is 22.7. The standard InChI is InChI=1S/C14H30O4S.Li.H/c1-2-3-4-5-6-7-8-9-10-11-12-13-14-18-19(15,16)17;;/h2-14H2,1H3,(H,15,16,17);;/q;+1;-1. The Morgan fingerprint density at radius 3 is 1.50 bits per heavy atom. The molecule has 0 atom stereocenters. The van der Waals surface area contributed by atoms with Crippen molar-refractivity contribution < 1.29 is 37.4 Å². The largest absolute Gasteiger partial charge is 1.00 e. The fraction of sp³-hybridized carbons (Fsp3) is 1.00. The van der Waals surface area contributed by atoms with Crippen molar-refractivity contribution in [3.8, 4) is 0 Å². The van der Waals surface area contributed by atoms with E-state index in [1.54, 1.807) is 0 Å². The van der Waals surface area contributed by atoms with Gasteiger partial charge in [0.1, 0.15) is 0 Å². The van der Waals surface area contributed by atoms with E-state index >= 15 is 0 Å². The molecule has 0 aliphatic rings. The molecule has 0 saturated carbocycles. The van der Waals surface area contributed by atoms with Gasteiger partial charge in [-0.3, -0.25) is 4.55 Å². The van der Waals surface area contributed by atoms with E-state index < -0.39 is 10.4 Å². The SMILES string of the molecule is CCCCCCCCCCCCCCOS(=O)(=O)O.[H-].[Li+]. The third-order valence-electron chi connectivity index (χ3n) is 3.23. The number of unbranched alkanes of at least 4 members (excludes halogenated alkanes) is 11. The van der Waals surface area contributed by atoms with Crippen molar-refractivity contribution in [2.24, 2.45) is 0 Å². The Morgan fingerprint density at radius 2 is 1.15 bits per heavy atom. The third-order valence-corrected chi connectivity index (χ3v) is 3.69. The first-order valence-corrected chi connectivity index (χ1v) is 9.04. The molecule has 0 heterocycles. The fourth-order valence-electron chi connectivity index (χ4n) is 2.11. The predicted molar refractivity (Wildman–Crippen MR) is 79.7 cm³/mol. The summed E-state index contributed by atoms with van der Waals surface area (Å²) >= 11 is 0. The van der Waals surface area contributed by atoms with E-state index in [0.29, 0.717) is 6.42 Å².